The number of likely N-dealkylation sites (N-methyl/N-ethyl adjacent to an activating group) is 1. The van der Waals surface area contributed by atoms with Gasteiger partial charge in [0, 0.05) is 37.4 Å². The molecular formula is C20H22ClN7O3S. The van der Waals surface area contributed by atoms with Crippen molar-refractivity contribution in [3.05, 3.63) is 51.3 Å². The smallest absolute Gasteiger partial charge is 0.274 e. The van der Waals surface area contributed by atoms with Gasteiger partial charge < -0.3 is 25.7 Å². The fourth-order valence-corrected chi connectivity index (χ4v) is 4.73. The third-order valence-corrected chi connectivity index (χ3v) is 6.42. The molecule has 0 radical (unpaired) electrons. The van der Waals surface area contributed by atoms with Crippen LogP contribution >= 0.6 is 22.9 Å². The number of halogens is 1. The zero-order valence-electron chi connectivity index (χ0n) is 17.4. The standard InChI is InChI=1S/C20H22ClN7O3S/c1-10(17(29)23-2)24-18(30)14-9-32-19(26-14)15-5-12(22)7-28(15)20(31)13-8-27-6-11(21)3-4-16(27)25-13/h3-4,6,8-10,12,15H,5,7,22H2,1-2H3,(H,23,29)(H,24,30)/t10?,12-,15+/m1/s1. The van der Waals surface area contributed by atoms with E-state index in [-0.39, 0.29) is 35.3 Å². The number of nitrogens with zero attached hydrogens (tertiary/aromatic N) is 4. The Bertz CT molecular complexity index is 1190. The monoisotopic (exact) mass is 475 g/mol. The molecule has 4 heterocycles. The molecule has 1 aliphatic heterocycles. The molecule has 0 bridgehead atoms. The van der Waals surface area contributed by atoms with Gasteiger partial charge in [-0.05, 0) is 25.5 Å². The number of hydrogen-bond donors (Lipinski definition) is 3. The zero-order chi connectivity index (χ0) is 23.0. The topological polar surface area (TPSA) is 135 Å². The number of amides is 3. The summed E-state index contributed by atoms with van der Waals surface area (Å²) >= 11 is 7.30. The van der Waals surface area contributed by atoms with Crippen molar-refractivity contribution < 1.29 is 14.4 Å². The lowest BCUT2D eigenvalue weighted by atomic mass is 10.2. The number of nitrogens with one attached hydrogen (secondary N) is 2. The Morgan fingerprint density at radius 3 is 2.78 bits per heavy atom. The number of aromatic nitrogens is 3. The predicted octanol–water partition coefficient (Wildman–Crippen LogP) is 1.22. The number of carbonyl (C=O) groups is 3. The van der Waals surface area contributed by atoms with E-state index >= 15 is 0 Å². The third kappa shape index (κ3) is 4.31. The Kier molecular flexibility index (Phi) is 6.13. The van der Waals surface area contributed by atoms with Crippen molar-refractivity contribution in [2.45, 2.75) is 31.5 Å². The van der Waals surface area contributed by atoms with E-state index in [9.17, 15) is 14.4 Å². The van der Waals surface area contributed by atoms with Crippen molar-refractivity contribution >= 4 is 46.3 Å². The average molecular weight is 476 g/mol. The predicted molar refractivity (Wildman–Crippen MR) is 120 cm³/mol. The molecule has 1 unspecified atom stereocenters. The summed E-state index contributed by atoms with van der Waals surface area (Å²) in [6.07, 6.45) is 3.83. The van der Waals surface area contributed by atoms with Gasteiger partial charge in [-0.3, -0.25) is 14.4 Å². The van der Waals surface area contributed by atoms with Crippen LogP contribution in [0.5, 0.6) is 0 Å². The van der Waals surface area contributed by atoms with Gasteiger partial charge in [0.2, 0.25) is 5.91 Å². The SMILES string of the molecule is CNC(=O)C(C)NC(=O)c1csc([C@@H]2C[C@@H](N)CN2C(=O)c2cn3cc(Cl)ccc3n2)n1. The number of carbonyl (C=O) groups excluding carboxylic acids is 3. The van der Waals surface area contributed by atoms with Crippen LogP contribution in [0.3, 0.4) is 0 Å². The van der Waals surface area contributed by atoms with Crippen LogP contribution in [-0.4, -0.2) is 62.7 Å². The van der Waals surface area contributed by atoms with Crippen molar-refractivity contribution in [2.75, 3.05) is 13.6 Å². The van der Waals surface area contributed by atoms with E-state index in [1.165, 1.54) is 18.4 Å². The summed E-state index contributed by atoms with van der Waals surface area (Å²) in [5.41, 5.74) is 7.24. The van der Waals surface area contributed by atoms with Gasteiger partial charge in [0.1, 0.15) is 28.1 Å². The van der Waals surface area contributed by atoms with Crippen molar-refractivity contribution in [1.29, 1.82) is 0 Å². The lowest BCUT2D eigenvalue weighted by Gasteiger charge is -2.21. The van der Waals surface area contributed by atoms with Gasteiger partial charge >= 0.3 is 0 Å². The summed E-state index contributed by atoms with van der Waals surface area (Å²) in [4.78, 5) is 47.8. The second kappa shape index (κ2) is 8.85. The largest absolute Gasteiger partial charge is 0.357 e. The lowest BCUT2D eigenvalue weighted by molar-refractivity contribution is -0.122. The van der Waals surface area contributed by atoms with Crippen LogP contribution in [0.4, 0.5) is 0 Å². The molecule has 0 saturated carbocycles. The fourth-order valence-electron chi connectivity index (χ4n) is 3.64. The van der Waals surface area contributed by atoms with Gasteiger partial charge in [-0.2, -0.15) is 0 Å². The summed E-state index contributed by atoms with van der Waals surface area (Å²) in [6, 6.07) is 2.16. The van der Waals surface area contributed by atoms with E-state index in [1.54, 1.807) is 46.1 Å². The van der Waals surface area contributed by atoms with Gasteiger partial charge in [0.05, 0.1) is 11.1 Å². The summed E-state index contributed by atoms with van der Waals surface area (Å²) in [5, 5.41) is 7.84. The van der Waals surface area contributed by atoms with E-state index in [1.807, 2.05) is 0 Å². The molecule has 0 aromatic carbocycles. The first kappa shape index (κ1) is 22.2. The highest BCUT2D eigenvalue weighted by Gasteiger charge is 2.38. The van der Waals surface area contributed by atoms with Gasteiger partial charge in [0.15, 0.2) is 0 Å². The van der Waals surface area contributed by atoms with E-state index < -0.39 is 11.9 Å². The fraction of sp³-hybridized carbons (Fsp3) is 0.350. The first-order valence-corrected chi connectivity index (χ1v) is 11.2. The maximum Gasteiger partial charge on any atom is 0.274 e. The zero-order valence-corrected chi connectivity index (χ0v) is 19.0. The molecular weight excluding hydrogens is 454 g/mol. The second-order valence-electron chi connectivity index (χ2n) is 7.59. The molecule has 1 aliphatic rings. The minimum atomic E-state index is -0.695. The van der Waals surface area contributed by atoms with Gasteiger partial charge in [-0.1, -0.05) is 11.6 Å². The molecule has 32 heavy (non-hydrogen) atoms. The van der Waals surface area contributed by atoms with Gasteiger partial charge in [-0.25, -0.2) is 9.97 Å². The number of rotatable bonds is 5. The lowest BCUT2D eigenvalue weighted by Crippen LogP contribution is -2.43. The van der Waals surface area contributed by atoms with Crippen LogP contribution in [-0.2, 0) is 4.79 Å². The van der Waals surface area contributed by atoms with E-state index in [0.29, 0.717) is 28.6 Å². The first-order chi connectivity index (χ1) is 15.3. The van der Waals surface area contributed by atoms with Gasteiger partial charge in [0.25, 0.3) is 11.8 Å². The number of pyridine rings is 1. The Hall–Kier alpha value is -3.02. The van der Waals surface area contributed by atoms with E-state index in [2.05, 4.69) is 20.6 Å². The maximum atomic E-state index is 13.2. The Balaban J connectivity index is 1.54. The maximum absolute atomic E-state index is 13.2. The highest BCUT2D eigenvalue weighted by molar-refractivity contribution is 7.09. The van der Waals surface area contributed by atoms with Crippen LogP contribution in [0.15, 0.2) is 29.9 Å². The summed E-state index contributed by atoms with van der Waals surface area (Å²) in [5.74, 6) is -1.03. The number of thiazole rings is 1. The number of fused-ring (bicyclic) bond motifs is 1. The van der Waals surface area contributed by atoms with Crippen molar-refractivity contribution in [2.24, 2.45) is 5.73 Å². The van der Waals surface area contributed by atoms with Crippen LogP contribution in [0.1, 0.15) is 45.4 Å². The molecule has 0 aliphatic carbocycles. The Labute approximate surface area is 192 Å². The minimum absolute atomic E-state index is 0.191. The molecule has 10 nitrogen and oxygen atoms in total. The molecule has 3 aromatic rings. The molecule has 12 heteroatoms. The highest BCUT2D eigenvalue weighted by Crippen LogP contribution is 2.34. The van der Waals surface area contributed by atoms with Crippen molar-refractivity contribution in [3.63, 3.8) is 0 Å². The number of nitrogens with two attached hydrogens (primary N) is 1. The Morgan fingerprint density at radius 1 is 1.25 bits per heavy atom. The molecule has 1 saturated heterocycles. The quantitative estimate of drug-likeness (QED) is 0.508. The highest BCUT2D eigenvalue weighted by atomic mass is 35.5. The first-order valence-electron chi connectivity index (χ1n) is 9.95. The second-order valence-corrected chi connectivity index (χ2v) is 8.91. The molecule has 1 fully saturated rings. The number of imidazole rings is 1. The molecule has 4 rings (SSSR count). The third-order valence-electron chi connectivity index (χ3n) is 5.26. The normalized spacial score (nSPS) is 19.2. The van der Waals surface area contributed by atoms with Gasteiger partial charge in [-0.15, -0.1) is 11.3 Å². The molecule has 4 N–H and O–H groups in total. The number of hydrogen-bond acceptors (Lipinski definition) is 7. The van der Waals surface area contributed by atoms with Crippen LogP contribution < -0.4 is 16.4 Å². The molecule has 3 atom stereocenters. The van der Waals surface area contributed by atoms with Crippen molar-refractivity contribution in [3.8, 4) is 0 Å². The van der Waals surface area contributed by atoms with E-state index in [4.69, 9.17) is 17.3 Å². The minimum Gasteiger partial charge on any atom is -0.357 e. The summed E-state index contributed by atoms with van der Waals surface area (Å²) in [7, 11) is 1.50. The Morgan fingerprint density at radius 2 is 2.03 bits per heavy atom. The van der Waals surface area contributed by atoms with Crippen molar-refractivity contribution in [1.82, 2.24) is 29.9 Å². The molecule has 3 aromatic heterocycles. The molecule has 168 valence electrons. The van der Waals surface area contributed by atoms with Crippen LogP contribution in [0.2, 0.25) is 5.02 Å². The van der Waals surface area contributed by atoms with Crippen LogP contribution in [0.25, 0.3) is 5.65 Å². The van der Waals surface area contributed by atoms with Crippen LogP contribution in [0, 0.1) is 0 Å². The average Bonchev–Trinajstić information content (AvgIpc) is 3.49. The molecule has 3 amide bonds. The number of likely N-dealkylation sites (tertiary alicyclic amines) is 1. The summed E-state index contributed by atoms with van der Waals surface area (Å²) in [6.45, 7) is 1.94. The van der Waals surface area contributed by atoms with E-state index in [0.717, 1.165) is 0 Å². The molecule has 0 spiro atoms. The summed E-state index contributed by atoms with van der Waals surface area (Å²) < 4.78 is 1.69.